The fourth-order valence-electron chi connectivity index (χ4n) is 1.26. The maximum atomic E-state index is 4.27. The lowest BCUT2D eigenvalue weighted by atomic mass is 10.3. The molecular formula is C9H11N3. The summed E-state index contributed by atoms with van der Waals surface area (Å²) in [5, 5.41) is 0. The number of nitrogens with zero attached hydrogens (tertiary/aromatic N) is 3. The second-order valence-electron chi connectivity index (χ2n) is 3.08. The Morgan fingerprint density at radius 2 is 2.00 bits per heavy atom. The molecule has 0 atom stereocenters. The second kappa shape index (κ2) is 2.30. The van der Waals surface area contributed by atoms with Crippen molar-refractivity contribution in [3.05, 3.63) is 29.3 Å². The van der Waals surface area contributed by atoms with Crippen molar-refractivity contribution >= 4 is 5.78 Å². The third-order valence-electron chi connectivity index (χ3n) is 2.11. The smallest absolute Gasteiger partial charge is 0.234 e. The predicted molar refractivity (Wildman–Crippen MR) is 47.2 cm³/mol. The Bertz CT molecular complexity index is 429. The Hall–Kier alpha value is -1.38. The lowest BCUT2D eigenvalue weighted by Crippen LogP contribution is -1.95. The molecule has 12 heavy (non-hydrogen) atoms. The minimum atomic E-state index is 0.788. The van der Waals surface area contributed by atoms with Gasteiger partial charge in [-0.05, 0) is 26.3 Å². The van der Waals surface area contributed by atoms with Crippen LogP contribution in [-0.4, -0.2) is 14.4 Å². The molecule has 3 nitrogen and oxygen atoms in total. The van der Waals surface area contributed by atoms with Crippen molar-refractivity contribution in [2.45, 2.75) is 20.8 Å². The number of hydrogen-bond donors (Lipinski definition) is 0. The first-order valence-electron chi connectivity index (χ1n) is 3.96. The van der Waals surface area contributed by atoms with Crippen molar-refractivity contribution in [1.29, 1.82) is 0 Å². The summed E-state index contributed by atoms with van der Waals surface area (Å²) in [7, 11) is 0. The molecule has 3 heteroatoms. The lowest BCUT2D eigenvalue weighted by Gasteiger charge is -2.00. The SMILES string of the molecule is Cc1cn2c(C)c(C)cnc2n1. The van der Waals surface area contributed by atoms with Gasteiger partial charge in [0.15, 0.2) is 0 Å². The van der Waals surface area contributed by atoms with Crippen molar-refractivity contribution in [2.24, 2.45) is 0 Å². The summed E-state index contributed by atoms with van der Waals surface area (Å²) in [6, 6.07) is 0. The van der Waals surface area contributed by atoms with E-state index in [1.54, 1.807) is 0 Å². The molecule has 0 aromatic carbocycles. The van der Waals surface area contributed by atoms with Gasteiger partial charge in [-0.2, -0.15) is 0 Å². The molecule has 2 aromatic heterocycles. The first-order valence-corrected chi connectivity index (χ1v) is 3.96. The minimum Gasteiger partial charge on any atom is -0.288 e. The quantitative estimate of drug-likeness (QED) is 0.588. The van der Waals surface area contributed by atoms with E-state index in [2.05, 4.69) is 23.8 Å². The summed E-state index contributed by atoms with van der Waals surface area (Å²) in [5.41, 5.74) is 3.41. The van der Waals surface area contributed by atoms with Gasteiger partial charge in [0.05, 0.1) is 5.69 Å². The van der Waals surface area contributed by atoms with E-state index in [1.165, 1.54) is 11.3 Å². The minimum absolute atomic E-state index is 0.788. The number of aryl methyl sites for hydroxylation is 3. The molecule has 0 bridgehead atoms. The van der Waals surface area contributed by atoms with Crippen LogP contribution in [0.25, 0.3) is 5.78 Å². The zero-order valence-electron chi connectivity index (χ0n) is 7.50. The van der Waals surface area contributed by atoms with E-state index in [0.29, 0.717) is 0 Å². The van der Waals surface area contributed by atoms with Crippen LogP contribution in [0, 0.1) is 20.8 Å². The summed E-state index contributed by atoms with van der Waals surface area (Å²) in [5.74, 6) is 0.788. The Labute approximate surface area is 71.1 Å². The van der Waals surface area contributed by atoms with Crippen LogP contribution in [-0.2, 0) is 0 Å². The van der Waals surface area contributed by atoms with E-state index in [1.807, 2.05) is 23.7 Å². The molecule has 0 amide bonds. The summed E-state index contributed by atoms with van der Waals surface area (Å²) in [4.78, 5) is 8.48. The normalized spacial score (nSPS) is 10.9. The van der Waals surface area contributed by atoms with Crippen molar-refractivity contribution in [3.8, 4) is 0 Å². The van der Waals surface area contributed by atoms with Crippen LogP contribution in [0.3, 0.4) is 0 Å². The maximum Gasteiger partial charge on any atom is 0.234 e. The molecule has 0 fully saturated rings. The van der Waals surface area contributed by atoms with Crippen LogP contribution in [0.5, 0.6) is 0 Å². The van der Waals surface area contributed by atoms with Crippen molar-refractivity contribution in [1.82, 2.24) is 14.4 Å². The molecule has 2 rings (SSSR count). The van der Waals surface area contributed by atoms with E-state index in [9.17, 15) is 0 Å². The third kappa shape index (κ3) is 0.897. The summed E-state index contributed by atoms with van der Waals surface area (Å²) in [6.45, 7) is 6.10. The highest BCUT2D eigenvalue weighted by Crippen LogP contribution is 2.08. The van der Waals surface area contributed by atoms with Crippen molar-refractivity contribution < 1.29 is 0 Å². The van der Waals surface area contributed by atoms with Gasteiger partial charge in [-0.25, -0.2) is 9.97 Å². The van der Waals surface area contributed by atoms with E-state index in [0.717, 1.165) is 11.5 Å². The van der Waals surface area contributed by atoms with Crippen LogP contribution in [0.15, 0.2) is 12.4 Å². The highest BCUT2D eigenvalue weighted by Gasteiger charge is 2.02. The van der Waals surface area contributed by atoms with Crippen molar-refractivity contribution in [2.75, 3.05) is 0 Å². The van der Waals surface area contributed by atoms with Gasteiger partial charge in [-0.1, -0.05) is 0 Å². The number of rotatable bonds is 0. The second-order valence-corrected chi connectivity index (χ2v) is 3.08. The van der Waals surface area contributed by atoms with E-state index in [-0.39, 0.29) is 0 Å². The average Bonchev–Trinajstić information content (AvgIpc) is 2.39. The Balaban J connectivity index is 2.89. The number of imidazole rings is 1. The number of fused-ring (bicyclic) bond motifs is 1. The molecule has 0 aliphatic rings. The molecule has 0 saturated carbocycles. The number of aromatic nitrogens is 3. The van der Waals surface area contributed by atoms with Crippen LogP contribution < -0.4 is 0 Å². The van der Waals surface area contributed by atoms with Gasteiger partial charge in [-0.15, -0.1) is 0 Å². The van der Waals surface area contributed by atoms with Crippen LogP contribution in [0.2, 0.25) is 0 Å². The van der Waals surface area contributed by atoms with Gasteiger partial charge >= 0.3 is 0 Å². The van der Waals surface area contributed by atoms with Gasteiger partial charge in [0.2, 0.25) is 5.78 Å². The van der Waals surface area contributed by atoms with Gasteiger partial charge in [0.25, 0.3) is 0 Å². The topological polar surface area (TPSA) is 30.2 Å². The molecule has 2 heterocycles. The number of hydrogen-bond acceptors (Lipinski definition) is 2. The van der Waals surface area contributed by atoms with Crippen LogP contribution in [0.4, 0.5) is 0 Å². The first kappa shape index (κ1) is 7.28. The molecule has 0 unspecified atom stereocenters. The van der Waals surface area contributed by atoms with E-state index in [4.69, 9.17) is 0 Å². The summed E-state index contributed by atoms with van der Waals surface area (Å²) in [6.07, 6.45) is 3.86. The molecule has 0 aliphatic heterocycles. The lowest BCUT2D eigenvalue weighted by molar-refractivity contribution is 1.01. The standard InChI is InChI=1S/C9H11N3/c1-6-4-10-9-11-7(2)5-12(9)8(6)3/h4-5H,1-3H3. The van der Waals surface area contributed by atoms with E-state index >= 15 is 0 Å². The molecule has 0 N–H and O–H groups in total. The summed E-state index contributed by atoms with van der Waals surface area (Å²) < 4.78 is 2.02. The molecule has 0 radical (unpaired) electrons. The molecule has 62 valence electrons. The summed E-state index contributed by atoms with van der Waals surface area (Å²) >= 11 is 0. The predicted octanol–water partition coefficient (Wildman–Crippen LogP) is 1.65. The van der Waals surface area contributed by atoms with Gasteiger partial charge < -0.3 is 0 Å². The van der Waals surface area contributed by atoms with E-state index < -0.39 is 0 Å². The zero-order valence-corrected chi connectivity index (χ0v) is 7.50. The van der Waals surface area contributed by atoms with Gasteiger partial charge in [0, 0.05) is 18.1 Å². The van der Waals surface area contributed by atoms with Gasteiger partial charge in [-0.3, -0.25) is 4.40 Å². The molecular weight excluding hydrogens is 150 g/mol. The Kier molecular flexibility index (Phi) is 1.40. The van der Waals surface area contributed by atoms with Crippen molar-refractivity contribution in [3.63, 3.8) is 0 Å². The largest absolute Gasteiger partial charge is 0.288 e. The Morgan fingerprint density at radius 1 is 1.25 bits per heavy atom. The van der Waals surface area contributed by atoms with Crippen LogP contribution >= 0.6 is 0 Å². The average molecular weight is 161 g/mol. The molecule has 0 aliphatic carbocycles. The van der Waals surface area contributed by atoms with Crippen LogP contribution in [0.1, 0.15) is 17.0 Å². The Morgan fingerprint density at radius 3 is 2.75 bits per heavy atom. The monoisotopic (exact) mass is 161 g/mol. The van der Waals surface area contributed by atoms with Gasteiger partial charge in [0.1, 0.15) is 0 Å². The maximum absolute atomic E-state index is 4.27. The third-order valence-corrected chi connectivity index (χ3v) is 2.11. The molecule has 2 aromatic rings. The molecule has 0 spiro atoms. The highest BCUT2D eigenvalue weighted by atomic mass is 15.1. The highest BCUT2D eigenvalue weighted by molar-refractivity contribution is 5.34. The fraction of sp³-hybridized carbons (Fsp3) is 0.333. The molecule has 0 saturated heterocycles. The first-order chi connectivity index (χ1) is 5.68. The zero-order chi connectivity index (χ0) is 8.72. The fourth-order valence-corrected chi connectivity index (χ4v) is 1.26.